The Balaban J connectivity index is 1.43. The fraction of sp³-hybridized carbons (Fsp3) is 0.304. The van der Waals surface area contributed by atoms with E-state index in [1.165, 1.54) is 0 Å². The number of carbonyl (C=O) groups is 1. The molecule has 8 heteroatoms. The topological polar surface area (TPSA) is 76.8 Å². The monoisotopic (exact) mass is 441 g/mol. The van der Waals surface area contributed by atoms with E-state index in [9.17, 15) is 4.79 Å². The maximum atomic E-state index is 12.9. The molecule has 0 spiro atoms. The normalized spacial score (nSPS) is 14.4. The number of aromatic nitrogens is 1. The SMILES string of the molecule is Cc1onc(C(=O)Nc2cccc(CN3CCOCC3)c2)c1COc1ccccc1Cl. The summed E-state index contributed by atoms with van der Waals surface area (Å²) in [6.07, 6.45) is 0. The molecule has 0 radical (unpaired) electrons. The van der Waals surface area contributed by atoms with Crippen molar-refractivity contribution in [1.82, 2.24) is 10.1 Å². The first-order chi connectivity index (χ1) is 15.1. The van der Waals surface area contributed by atoms with Crippen LogP contribution in [0, 0.1) is 6.92 Å². The van der Waals surface area contributed by atoms with Gasteiger partial charge in [0, 0.05) is 25.3 Å². The van der Waals surface area contributed by atoms with E-state index in [0.717, 1.165) is 38.4 Å². The number of halogens is 1. The summed E-state index contributed by atoms with van der Waals surface area (Å²) < 4.78 is 16.4. The number of anilines is 1. The molecule has 1 fully saturated rings. The number of hydrogen-bond donors (Lipinski definition) is 1. The van der Waals surface area contributed by atoms with E-state index in [4.69, 9.17) is 25.6 Å². The van der Waals surface area contributed by atoms with E-state index in [0.29, 0.717) is 27.8 Å². The number of morpholine rings is 1. The van der Waals surface area contributed by atoms with Gasteiger partial charge >= 0.3 is 0 Å². The molecule has 1 amide bonds. The zero-order valence-electron chi connectivity index (χ0n) is 17.3. The van der Waals surface area contributed by atoms with Crippen LogP contribution in [0.1, 0.15) is 27.4 Å². The van der Waals surface area contributed by atoms with Gasteiger partial charge < -0.3 is 19.3 Å². The molecule has 1 aromatic heterocycles. The van der Waals surface area contributed by atoms with Gasteiger partial charge in [0.15, 0.2) is 5.69 Å². The highest BCUT2D eigenvalue weighted by Crippen LogP contribution is 2.25. The summed E-state index contributed by atoms with van der Waals surface area (Å²) in [5, 5.41) is 7.35. The number of amides is 1. The van der Waals surface area contributed by atoms with E-state index in [-0.39, 0.29) is 18.2 Å². The van der Waals surface area contributed by atoms with Gasteiger partial charge in [-0.1, -0.05) is 41.0 Å². The average Bonchev–Trinajstić information content (AvgIpc) is 3.15. The molecular weight excluding hydrogens is 418 g/mol. The number of aryl methyl sites for hydroxylation is 1. The summed E-state index contributed by atoms with van der Waals surface area (Å²) >= 11 is 6.14. The number of para-hydroxylation sites is 1. The van der Waals surface area contributed by atoms with Gasteiger partial charge in [-0.25, -0.2) is 0 Å². The maximum Gasteiger partial charge on any atom is 0.278 e. The number of nitrogens with zero attached hydrogens (tertiary/aromatic N) is 2. The highest BCUT2D eigenvalue weighted by molar-refractivity contribution is 6.32. The predicted octanol–water partition coefficient (Wildman–Crippen LogP) is 4.30. The quantitative estimate of drug-likeness (QED) is 0.589. The minimum Gasteiger partial charge on any atom is -0.487 e. The fourth-order valence-corrected chi connectivity index (χ4v) is 3.60. The lowest BCUT2D eigenvalue weighted by Crippen LogP contribution is -2.35. The summed E-state index contributed by atoms with van der Waals surface area (Å²) in [6, 6.07) is 15.0. The van der Waals surface area contributed by atoms with E-state index in [1.807, 2.05) is 36.4 Å². The summed E-state index contributed by atoms with van der Waals surface area (Å²) in [7, 11) is 0. The summed E-state index contributed by atoms with van der Waals surface area (Å²) in [6.45, 7) is 6.00. The molecule has 2 aromatic carbocycles. The van der Waals surface area contributed by atoms with Crippen LogP contribution in [0.3, 0.4) is 0 Å². The summed E-state index contributed by atoms with van der Waals surface area (Å²) in [5.74, 6) is 0.711. The van der Waals surface area contributed by atoms with Crippen LogP contribution in [-0.4, -0.2) is 42.3 Å². The van der Waals surface area contributed by atoms with Gasteiger partial charge in [0.25, 0.3) is 5.91 Å². The third-order valence-corrected chi connectivity index (χ3v) is 5.42. The predicted molar refractivity (Wildman–Crippen MR) is 118 cm³/mol. The molecule has 3 aromatic rings. The standard InChI is InChI=1S/C23H24ClN3O4/c1-16-19(15-30-21-8-3-2-7-20(21)24)22(26-31-16)23(28)25-18-6-4-5-17(13-18)14-27-9-11-29-12-10-27/h2-8,13H,9-12,14-15H2,1H3,(H,25,28). The molecule has 1 N–H and O–H groups in total. The second kappa shape index (κ2) is 9.96. The number of benzene rings is 2. The van der Waals surface area contributed by atoms with E-state index >= 15 is 0 Å². The highest BCUT2D eigenvalue weighted by atomic mass is 35.5. The van der Waals surface area contributed by atoms with Gasteiger partial charge in [0.05, 0.1) is 23.8 Å². The highest BCUT2D eigenvalue weighted by Gasteiger charge is 2.21. The van der Waals surface area contributed by atoms with Crippen molar-refractivity contribution in [3.05, 3.63) is 76.1 Å². The second-order valence-electron chi connectivity index (χ2n) is 7.33. The van der Waals surface area contributed by atoms with E-state index < -0.39 is 0 Å². The van der Waals surface area contributed by atoms with Crippen molar-refractivity contribution in [3.63, 3.8) is 0 Å². The van der Waals surface area contributed by atoms with Crippen LogP contribution >= 0.6 is 11.6 Å². The van der Waals surface area contributed by atoms with Crippen LogP contribution in [0.25, 0.3) is 0 Å². The van der Waals surface area contributed by atoms with Gasteiger partial charge in [0.2, 0.25) is 0 Å². The van der Waals surface area contributed by atoms with Crippen molar-refractivity contribution < 1.29 is 18.8 Å². The molecule has 0 aliphatic carbocycles. The van der Waals surface area contributed by atoms with Crippen molar-refractivity contribution >= 4 is 23.2 Å². The molecule has 2 heterocycles. The fourth-order valence-electron chi connectivity index (χ4n) is 3.41. The number of nitrogens with one attached hydrogen (secondary N) is 1. The van der Waals surface area contributed by atoms with Crippen LogP contribution < -0.4 is 10.1 Å². The van der Waals surface area contributed by atoms with Crippen molar-refractivity contribution in [3.8, 4) is 5.75 Å². The van der Waals surface area contributed by atoms with Gasteiger partial charge in [0.1, 0.15) is 18.1 Å². The van der Waals surface area contributed by atoms with Crippen molar-refractivity contribution in [1.29, 1.82) is 0 Å². The smallest absolute Gasteiger partial charge is 0.278 e. The molecule has 0 bridgehead atoms. The Bertz CT molecular complexity index is 1050. The van der Waals surface area contributed by atoms with Crippen LogP contribution in [-0.2, 0) is 17.9 Å². The van der Waals surface area contributed by atoms with E-state index in [2.05, 4.69) is 15.4 Å². The molecule has 1 aliphatic rings. The minimum absolute atomic E-state index is 0.124. The third-order valence-electron chi connectivity index (χ3n) is 5.10. The summed E-state index contributed by atoms with van der Waals surface area (Å²) in [5.41, 5.74) is 2.61. The molecule has 0 unspecified atom stereocenters. The molecule has 1 aliphatic heterocycles. The zero-order valence-corrected chi connectivity index (χ0v) is 18.0. The van der Waals surface area contributed by atoms with Gasteiger partial charge in [-0.05, 0) is 36.8 Å². The number of rotatable bonds is 7. The lowest BCUT2D eigenvalue weighted by Gasteiger charge is -2.26. The Morgan fingerprint density at radius 3 is 2.81 bits per heavy atom. The van der Waals surface area contributed by atoms with Crippen LogP contribution in [0.5, 0.6) is 5.75 Å². The van der Waals surface area contributed by atoms with Gasteiger partial charge in [-0.3, -0.25) is 9.69 Å². The third kappa shape index (κ3) is 5.44. The zero-order chi connectivity index (χ0) is 21.6. The molecule has 7 nitrogen and oxygen atoms in total. The average molecular weight is 442 g/mol. The van der Waals surface area contributed by atoms with Gasteiger partial charge in [-0.2, -0.15) is 0 Å². The van der Waals surface area contributed by atoms with Crippen LogP contribution in [0.2, 0.25) is 5.02 Å². The Kier molecular flexibility index (Phi) is 6.86. The second-order valence-corrected chi connectivity index (χ2v) is 7.74. The first-order valence-electron chi connectivity index (χ1n) is 10.1. The first kappa shape index (κ1) is 21.4. The maximum absolute atomic E-state index is 12.9. The Hall–Kier alpha value is -2.87. The van der Waals surface area contributed by atoms with Crippen molar-refractivity contribution in [2.24, 2.45) is 0 Å². The number of carbonyl (C=O) groups excluding carboxylic acids is 1. The van der Waals surface area contributed by atoms with Crippen LogP contribution in [0.4, 0.5) is 5.69 Å². The number of hydrogen-bond acceptors (Lipinski definition) is 6. The van der Waals surface area contributed by atoms with E-state index in [1.54, 1.807) is 19.1 Å². The Morgan fingerprint density at radius 2 is 2.00 bits per heavy atom. The number of ether oxygens (including phenoxy) is 2. The van der Waals surface area contributed by atoms with Gasteiger partial charge in [-0.15, -0.1) is 0 Å². The summed E-state index contributed by atoms with van der Waals surface area (Å²) in [4.78, 5) is 15.2. The molecule has 162 valence electrons. The molecule has 4 rings (SSSR count). The lowest BCUT2D eigenvalue weighted by atomic mass is 10.1. The largest absolute Gasteiger partial charge is 0.487 e. The van der Waals surface area contributed by atoms with Crippen LogP contribution in [0.15, 0.2) is 53.1 Å². The molecule has 0 saturated carbocycles. The van der Waals surface area contributed by atoms with Crippen molar-refractivity contribution in [2.45, 2.75) is 20.1 Å². The Labute approximate surface area is 185 Å². The molecule has 0 atom stereocenters. The molecule has 31 heavy (non-hydrogen) atoms. The lowest BCUT2D eigenvalue weighted by molar-refractivity contribution is 0.0342. The van der Waals surface area contributed by atoms with Crippen molar-refractivity contribution in [2.75, 3.05) is 31.6 Å². The Morgan fingerprint density at radius 1 is 1.19 bits per heavy atom. The minimum atomic E-state index is -0.349. The first-order valence-corrected chi connectivity index (χ1v) is 10.5. The molecule has 1 saturated heterocycles. The molecular formula is C23H24ClN3O4.